The third-order valence-corrected chi connectivity index (χ3v) is 3.51. The van der Waals surface area contributed by atoms with Crippen LogP contribution in [0.1, 0.15) is 23.9 Å². The van der Waals surface area contributed by atoms with E-state index in [1.165, 1.54) is 11.9 Å². The molecular formula is C11H14N4O2. The van der Waals surface area contributed by atoms with Crippen molar-refractivity contribution in [1.29, 1.82) is 0 Å². The first-order chi connectivity index (χ1) is 8.18. The Bertz CT molecular complexity index is 494. The normalized spacial score (nSPS) is 24.3. The molecule has 6 heteroatoms. The molecule has 0 aromatic carbocycles. The van der Waals surface area contributed by atoms with E-state index in [0.717, 1.165) is 30.9 Å². The van der Waals surface area contributed by atoms with Crippen LogP contribution < -0.4 is 5.32 Å². The van der Waals surface area contributed by atoms with Crippen molar-refractivity contribution in [2.45, 2.75) is 25.4 Å². The Morgan fingerprint density at radius 3 is 3.00 bits per heavy atom. The predicted molar refractivity (Wildman–Crippen MR) is 59.1 cm³/mol. The van der Waals surface area contributed by atoms with Gasteiger partial charge >= 0.3 is 0 Å². The number of carbonyl (C=O) groups is 2. The number of likely N-dealkylation sites (N-methyl/N-ethyl adjacent to an activating group) is 1. The second kappa shape index (κ2) is 3.66. The minimum Gasteiger partial charge on any atom is -0.321 e. The number of likely N-dealkylation sites (tertiary alicyclic amines) is 1. The minimum absolute atomic E-state index is 0.114. The van der Waals surface area contributed by atoms with Crippen LogP contribution in [0.2, 0.25) is 0 Å². The fraction of sp³-hybridized carbons (Fsp3) is 0.545. The molecule has 1 saturated heterocycles. The van der Waals surface area contributed by atoms with Crippen molar-refractivity contribution in [3.8, 4) is 0 Å². The van der Waals surface area contributed by atoms with Crippen LogP contribution in [0.3, 0.4) is 0 Å². The summed E-state index contributed by atoms with van der Waals surface area (Å²) in [5.41, 5.74) is 2.08. The molecule has 1 fully saturated rings. The molecule has 6 nitrogen and oxygen atoms in total. The van der Waals surface area contributed by atoms with Crippen LogP contribution in [0, 0.1) is 0 Å². The number of carbonyl (C=O) groups excluding carboxylic acids is 2. The number of fused-ring (bicyclic) bond motifs is 1. The lowest BCUT2D eigenvalue weighted by Gasteiger charge is -2.18. The number of nitrogens with zero attached hydrogens (tertiary/aromatic N) is 3. The number of aromatic nitrogens is 2. The zero-order chi connectivity index (χ0) is 12.0. The molecule has 0 aliphatic carbocycles. The number of nitrogens with one attached hydrogen (secondary N) is 1. The van der Waals surface area contributed by atoms with Gasteiger partial charge in [0, 0.05) is 32.3 Å². The molecule has 3 rings (SSSR count). The zero-order valence-electron chi connectivity index (χ0n) is 9.64. The maximum Gasteiger partial charge on any atom is 0.252 e. The van der Waals surface area contributed by atoms with Gasteiger partial charge in [-0.25, -0.2) is 4.98 Å². The molecule has 0 radical (unpaired) electrons. The summed E-state index contributed by atoms with van der Waals surface area (Å²) in [7, 11) is 1.54. The fourth-order valence-corrected chi connectivity index (χ4v) is 2.48. The molecule has 90 valence electrons. The number of amides is 2. The molecule has 1 atom stereocenters. The third kappa shape index (κ3) is 1.48. The lowest BCUT2D eigenvalue weighted by molar-refractivity contribution is -0.137. The van der Waals surface area contributed by atoms with Gasteiger partial charge in [-0.3, -0.25) is 14.5 Å². The van der Waals surface area contributed by atoms with E-state index in [2.05, 4.69) is 10.3 Å². The Labute approximate surface area is 98.6 Å². The van der Waals surface area contributed by atoms with E-state index in [1.54, 1.807) is 6.33 Å². The van der Waals surface area contributed by atoms with Gasteiger partial charge < -0.3 is 9.88 Å². The number of hydrogen-bond acceptors (Lipinski definition) is 4. The largest absolute Gasteiger partial charge is 0.321 e. The highest BCUT2D eigenvalue weighted by molar-refractivity contribution is 6.04. The van der Waals surface area contributed by atoms with Gasteiger partial charge in [-0.15, -0.1) is 0 Å². The Balaban J connectivity index is 1.97. The monoisotopic (exact) mass is 234 g/mol. The number of imidazole rings is 1. The van der Waals surface area contributed by atoms with Crippen LogP contribution in [0.5, 0.6) is 0 Å². The highest BCUT2D eigenvalue weighted by Gasteiger charge is 2.38. The summed E-state index contributed by atoms with van der Waals surface area (Å²) >= 11 is 0. The van der Waals surface area contributed by atoms with Crippen molar-refractivity contribution in [1.82, 2.24) is 19.8 Å². The van der Waals surface area contributed by atoms with Crippen molar-refractivity contribution in [2.24, 2.45) is 0 Å². The zero-order valence-corrected chi connectivity index (χ0v) is 9.64. The smallest absolute Gasteiger partial charge is 0.252 e. The average molecular weight is 234 g/mol. The predicted octanol–water partition coefficient (Wildman–Crippen LogP) is -0.541. The number of rotatable bonds is 1. The van der Waals surface area contributed by atoms with E-state index in [1.807, 2.05) is 4.57 Å². The van der Waals surface area contributed by atoms with E-state index in [4.69, 9.17) is 0 Å². The van der Waals surface area contributed by atoms with Crippen LogP contribution in [-0.4, -0.2) is 39.9 Å². The summed E-state index contributed by atoms with van der Waals surface area (Å²) in [6, 6.07) is -0.387. The lowest BCUT2D eigenvalue weighted by atomic mass is 10.1. The molecule has 17 heavy (non-hydrogen) atoms. The highest BCUT2D eigenvalue weighted by Crippen LogP contribution is 2.26. The second-order valence-electron chi connectivity index (χ2n) is 4.48. The van der Waals surface area contributed by atoms with Crippen LogP contribution >= 0.6 is 0 Å². The SMILES string of the molecule is CN1C(=O)CC(n2cnc3c2CCNC3)C1=O. The van der Waals surface area contributed by atoms with E-state index >= 15 is 0 Å². The molecule has 0 saturated carbocycles. The van der Waals surface area contributed by atoms with Gasteiger partial charge in [0.25, 0.3) is 5.91 Å². The summed E-state index contributed by atoms with van der Waals surface area (Å²) in [6.45, 7) is 1.64. The van der Waals surface area contributed by atoms with E-state index in [9.17, 15) is 9.59 Å². The van der Waals surface area contributed by atoms with E-state index in [-0.39, 0.29) is 24.3 Å². The first-order valence-corrected chi connectivity index (χ1v) is 5.74. The Morgan fingerprint density at radius 2 is 2.29 bits per heavy atom. The highest BCUT2D eigenvalue weighted by atomic mass is 16.2. The summed E-state index contributed by atoms with van der Waals surface area (Å²) in [4.78, 5) is 29.0. The maximum absolute atomic E-state index is 11.9. The molecule has 1 N–H and O–H groups in total. The van der Waals surface area contributed by atoms with Gasteiger partial charge in [0.05, 0.1) is 18.4 Å². The van der Waals surface area contributed by atoms with Gasteiger partial charge in [0.15, 0.2) is 0 Å². The molecule has 1 aromatic heterocycles. The molecule has 2 amide bonds. The van der Waals surface area contributed by atoms with Gasteiger partial charge in [-0.05, 0) is 0 Å². The van der Waals surface area contributed by atoms with Gasteiger partial charge in [-0.2, -0.15) is 0 Å². The van der Waals surface area contributed by atoms with Crippen LogP contribution in [0.15, 0.2) is 6.33 Å². The molecule has 0 spiro atoms. The summed E-state index contributed by atoms with van der Waals surface area (Å²) in [5, 5.41) is 3.24. The van der Waals surface area contributed by atoms with Crippen molar-refractivity contribution < 1.29 is 9.59 Å². The first-order valence-electron chi connectivity index (χ1n) is 5.74. The fourth-order valence-electron chi connectivity index (χ4n) is 2.48. The van der Waals surface area contributed by atoms with Crippen molar-refractivity contribution in [2.75, 3.05) is 13.6 Å². The summed E-state index contributed by atoms with van der Waals surface area (Å²) in [5.74, 6) is -0.245. The standard InChI is InChI=1S/C11H14N4O2/c1-14-10(16)4-9(11(14)17)15-6-13-7-5-12-3-2-8(7)15/h6,9,12H,2-5H2,1H3. The summed E-state index contributed by atoms with van der Waals surface area (Å²) in [6.07, 6.45) is 2.80. The van der Waals surface area contributed by atoms with Crippen molar-refractivity contribution >= 4 is 11.8 Å². The van der Waals surface area contributed by atoms with Gasteiger partial charge in [-0.1, -0.05) is 0 Å². The first kappa shape index (κ1) is 10.5. The quantitative estimate of drug-likeness (QED) is 0.663. The number of hydrogen-bond donors (Lipinski definition) is 1. The molecule has 1 unspecified atom stereocenters. The van der Waals surface area contributed by atoms with Crippen LogP contribution in [-0.2, 0) is 22.6 Å². The van der Waals surface area contributed by atoms with Crippen LogP contribution in [0.25, 0.3) is 0 Å². The maximum atomic E-state index is 11.9. The summed E-state index contributed by atoms with van der Waals surface area (Å²) < 4.78 is 1.87. The number of imide groups is 1. The average Bonchev–Trinajstić information content (AvgIpc) is 2.86. The van der Waals surface area contributed by atoms with E-state index < -0.39 is 0 Å². The lowest BCUT2D eigenvalue weighted by Crippen LogP contribution is -2.29. The molecule has 1 aromatic rings. The third-order valence-electron chi connectivity index (χ3n) is 3.51. The molecule has 2 aliphatic heterocycles. The Hall–Kier alpha value is -1.69. The molecule has 0 bridgehead atoms. The Kier molecular flexibility index (Phi) is 2.25. The Morgan fingerprint density at radius 1 is 1.47 bits per heavy atom. The van der Waals surface area contributed by atoms with Gasteiger partial charge in [0.1, 0.15) is 6.04 Å². The van der Waals surface area contributed by atoms with Crippen LogP contribution in [0.4, 0.5) is 0 Å². The molecular weight excluding hydrogens is 220 g/mol. The van der Waals surface area contributed by atoms with E-state index in [0.29, 0.717) is 0 Å². The van der Waals surface area contributed by atoms with Crippen molar-refractivity contribution in [3.63, 3.8) is 0 Å². The van der Waals surface area contributed by atoms with Crippen molar-refractivity contribution in [3.05, 3.63) is 17.7 Å². The molecule has 2 aliphatic rings. The molecule has 3 heterocycles. The minimum atomic E-state index is -0.387. The topological polar surface area (TPSA) is 67.2 Å². The second-order valence-corrected chi connectivity index (χ2v) is 4.48. The van der Waals surface area contributed by atoms with Gasteiger partial charge in [0.2, 0.25) is 5.91 Å².